The smallest absolute Gasteiger partial charge is 0.271 e. The molecule has 0 radical (unpaired) electrons. The third-order valence-corrected chi connectivity index (χ3v) is 6.76. The zero-order valence-electron chi connectivity index (χ0n) is 18.3. The number of furan rings is 1. The molecule has 30 heavy (non-hydrogen) atoms. The second kappa shape index (κ2) is 8.46. The molecule has 1 unspecified atom stereocenters. The summed E-state index contributed by atoms with van der Waals surface area (Å²) in [6, 6.07) is 3.83. The lowest BCUT2D eigenvalue weighted by Gasteiger charge is -2.45. The van der Waals surface area contributed by atoms with Crippen LogP contribution in [0.25, 0.3) is 11.1 Å². The maximum atomic E-state index is 13.5. The second-order valence-corrected chi connectivity index (χ2v) is 9.00. The molecule has 164 valence electrons. The normalized spacial score (nSPS) is 26.8. The first-order valence-corrected chi connectivity index (χ1v) is 11.2. The van der Waals surface area contributed by atoms with Crippen LogP contribution >= 0.6 is 0 Å². The summed E-state index contributed by atoms with van der Waals surface area (Å²) in [6.45, 7) is 8.23. The van der Waals surface area contributed by atoms with Crippen molar-refractivity contribution in [3.8, 4) is 0 Å². The molecule has 1 aliphatic heterocycles. The van der Waals surface area contributed by atoms with Crippen LogP contribution in [0.4, 0.5) is 0 Å². The van der Waals surface area contributed by atoms with Crippen LogP contribution in [0.2, 0.25) is 0 Å². The molecule has 7 heteroatoms. The highest BCUT2D eigenvalue weighted by Crippen LogP contribution is 2.33. The molecule has 1 atom stereocenters. The molecule has 2 aromatic rings. The van der Waals surface area contributed by atoms with E-state index in [0.29, 0.717) is 44.0 Å². The third kappa shape index (κ3) is 3.75. The van der Waals surface area contributed by atoms with Crippen LogP contribution in [-0.2, 0) is 16.1 Å². The highest BCUT2D eigenvalue weighted by atomic mass is 16.5. The summed E-state index contributed by atoms with van der Waals surface area (Å²) in [4.78, 5) is 28.7. The summed E-state index contributed by atoms with van der Waals surface area (Å²) in [6.07, 6.45) is 6.59. The summed E-state index contributed by atoms with van der Waals surface area (Å²) in [5, 5.41) is 3.27. The number of aromatic nitrogens is 1. The van der Waals surface area contributed by atoms with Gasteiger partial charge in [-0.2, -0.15) is 0 Å². The lowest BCUT2D eigenvalue weighted by molar-refractivity contribution is -0.134. The average molecular weight is 416 g/mol. The first-order valence-electron chi connectivity index (χ1n) is 11.2. The minimum atomic E-state index is -0.956. The number of hydrogen-bond acceptors (Lipinski definition) is 4. The summed E-state index contributed by atoms with van der Waals surface area (Å²) in [5.41, 5.74) is 1.16. The summed E-state index contributed by atoms with van der Waals surface area (Å²) in [7, 11) is 0. The molecular weight excluding hydrogens is 382 g/mol. The minimum Gasteiger partial charge on any atom is -0.463 e. The van der Waals surface area contributed by atoms with Gasteiger partial charge in [-0.1, -0.05) is 6.92 Å². The van der Waals surface area contributed by atoms with Gasteiger partial charge >= 0.3 is 0 Å². The topological polar surface area (TPSA) is 76.7 Å². The highest BCUT2D eigenvalue weighted by molar-refractivity contribution is 6.02. The molecule has 0 aromatic carbocycles. The number of nitrogens with one attached hydrogen (secondary N) is 1. The van der Waals surface area contributed by atoms with Crippen LogP contribution in [0, 0.1) is 5.92 Å². The van der Waals surface area contributed by atoms with Gasteiger partial charge in [0.05, 0.1) is 18.3 Å². The summed E-state index contributed by atoms with van der Waals surface area (Å²) < 4.78 is 12.9. The Morgan fingerprint density at radius 2 is 2.10 bits per heavy atom. The molecule has 1 saturated carbocycles. The quantitative estimate of drug-likeness (QED) is 0.702. The van der Waals surface area contributed by atoms with E-state index >= 15 is 0 Å². The van der Waals surface area contributed by atoms with Crippen LogP contribution in [0.3, 0.4) is 0 Å². The Morgan fingerprint density at radius 1 is 1.33 bits per heavy atom. The van der Waals surface area contributed by atoms with Gasteiger partial charge in [-0.05, 0) is 51.9 Å². The predicted octanol–water partition coefficient (Wildman–Crippen LogP) is 3.57. The van der Waals surface area contributed by atoms with Crippen molar-refractivity contribution in [3.05, 3.63) is 24.1 Å². The van der Waals surface area contributed by atoms with E-state index in [1.807, 2.05) is 24.5 Å². The first-order chi connectivity index (χ1) is 14.4. The molecule has 0 bridgehead atoms. The lowest BCUT2D eigenvalue weighted by atomic mass is 9.86. The van der Waals surface area contributed by atoms with Crippen LogP contribution in [-0.4, -0.2) is 52.6 Å². The third-order valence-electron chi connectivity index (χ3n) is 6.76. The van der Waals surface area contributed by atoms with E-state index in [4.69, 9.17) is 9.15 Å². The van der Waals surface area contributed by atoms with Crippen LogP contribution < -0.4 is 5.32 Å². The lowest BCUT2D eigenvalue weighted by Crippen LogP contribution is -2.65. The van der Waals surface area contributed by atoms with Crippen LogP contribution in [0.5, 0.6) is 0 Å². The number of ether oxygens (including phenoxy) is 1. The predicted molar refractivity (Wildman–Crippen MR) is 114 cm³/mol. The molecule has 0 saturated heterocycles. The highest BCUT2D eigenvalue weighted by Gasteiger charge is 2.48. The maximum Gasteiger partial charge on any atom is 0.271 e. The van der Waals surface area contributed by atoms with Gasteiger partial charge in [0.2, 0.25) is 5.91 Å². The van der Waals surface area contributed by atoms with Gasteiger partial charge in [0.1, 0.15) is 11.2 Å². The number of hydrogen-bond donors (Lipinski definition) is 1. The van der Waals surface area contributed by atoms with E-state index in [2.05, 4.69) is 12.2 Å². The zero-order valence-corrected chi connectivity index (χ0v) is 18.3. The van der Waals surface area contributed by atoms with Crippen LogP contribution in [0.1, 0.15) is 63.4 Å². The van der Waals surface area contributed by atoms with Crippen molar-refractivity contribution in [1.29, 1.82) is 0 Å². The molecule has 1 fully saturated rings. The second-order valence-electron chi connectivity index (χ2n) is 9.00. The zero-order chi connectivity index (χ0) is 21.3. The molecule has 4 rings (SSSR count). The van der Waals surface area contributed by atoms with E-state index in [1.165, 1.54) is 0 Å². The van der Waals surface area contributed by atoms with Gasteiger partial charge in [-0.3, -0.25) is 9.59 Å². The van der Waals surface area contributed by atoms with Gasteiger partial charge < -0.3 is 23.9 Å². The molecule has 0 spiro atoms. The van der Waals surface area contributed by atoms with E-state index < -0.39 is 5.54 Å². The molecule has 1 aliphatic carbocycles. The number of amides is 2. The van der Waals surface area contributed by atoms with E-state index in [1.54, 1.807) is 17.2 Å². The number of carbonyl (C=O) groups excluding carboxylic acids is 2. The maximum absolute atomic E-state index is 13.5. The van der Waals surface area contributed by atoms with Crippen LogP contribution in [0.15, 0.2) is 22.8 Å². The van der Waals surface area contributed by atoms with Crippen molar-refractivity contribution in [2.75, 3.05) is 19.8 Å². The Balaban J connectivity index is 1.60. The Morgan fingerprint density at radius 3 is 2.83 bits per heavy atom. The fraction of sp³-hybridized carbons (Fsp3) is 0.652. The molecular formula is C23H33N3O4. The number of rotatable bonds is 7. The van der Waals surface area contributed by atoms with E-state index in [-0.39, 0.29) is 17.9 Å². The van der Waals surface area contributed by atoms with Gasteiger partial charge in [-0.15, -0.1) is 0 Å². The molecule has 7 nitrogen and oxygen atoms in total. The Bertz CT molecular complexity index is 909. The Hall–Kier alpha value is -2.28. The van der Waals surface area contributed by atoms with E-state index in [0.717, 1.165) is 37.1 Å². The fourth-order valence-corrected chi connectivity index (χ4v) is 4.84. The van der Waals surface area contributed by atoms with Gasteiger partial charge in [0.15, 0.2) is 5.58 Å². The summed E-state index contributed by atoms with van der Waals surface area (Å²) >= 11 is 0. The van der Waals surface area contributed by atoms with Gasteiger partial charge in [0, 0.05) is 37.9 Å². The standard InChI is InChI=1S/C23H33N3O4/c1-4-29-12-5-11-26-21(27)19-14-20-18(10-13-30-20)25(19)15-23(26,3)22(28)24-17-8-6-16(2)7-9-17/h10,13-14,16-17H,4-9,11-12,15H2,1-3H3,(H,24,28). The SMILES string of the molecule is CCOCCCN1C(=O)c2cc3occc3n2CC1(C)C(=O)NC1CCC(C)CC1. The van der Waals surface area contributed by atoms with Crippen molar-refractivity contribution < 1.29 is 18.7 Å². The van der Waals surface area contributed by atoms with Crippen molar-refractivity contribution in [1.82, 2.24) is 14.8 Å². The van der Waals surface area contributed by atoms with E-state index in [9.17, 15) is 9.59 Å². The monoisotopic (exact) mass is 415 g/mol. The van der Waals surface area contributed by atoms with Crippen molar-refractivity contribution >= 4 is 22.9 Å². The van der Waals surface area contributed by atoms with Crippen molar-refractivity contribution in [2.45, 2.75) is 71.0 Å². The molecule has 3 heterocycles. The number of fused-ring (bicyclic) bond motifs is 3. The Labute approximate surface area is 177 Å². The fourth-order valence-electron chi connectivity index (χ4n) is 4.84. The van der Waals surface area contributed by atoms with Crippen molar-refractivity contribution in [3.63, 3.8) is 0 Å². The van der Waals surface area contributed by atoms with Gasteiger partial charge in [-0.25, -0.2) is 0 Å². The van der Waals surface area contributed by atoms with Gasteiger partial charge in [0.25, 0.3) is 5.91 Å². The van der Waals surface area contributed by atoms with Crippen molar-refractivity contribution in [2.24, 2.45) is 5.92 Å². The largest absolute Gasteiger partial charge is 0.463 e. The molecule has 2 aliphatic rings. The first kappa shape index (κ1) is 21.0. The Kier molecular flexibility index (Phi) is 5.91. The average Bonchev–Trinajstić information content (AvgIpc) is 3.31. The number of nitrogens with zero attached hydrogens (tertiary/aromatic N) is 2. The minimum absolute atomic E-state index is 0.0668. The summed E-state index contributed by atoms with van der Waals surface area (Å²) in [5.74, 6) is 0.527. The molecule has 1 N–H and O–H groups in total. The number of carbonyl (C=O) groups is 2. The molecule has 2 amide bonds. The molecule has 2 aromatic heterocycles.